The van der Waals surface area contributed by atoms with E-state index >= 15 is 0 Å². The van der Waals surface area contributed by atoms with Crippen LogP contribution in [0.5, 0.6) is 0 Å². The topological polar surface area (TPSA) is 63.4 Å². The smallest absolute Gasteiger partial charge is 0.221 e. The van der Waals surface area contributed by atoms with Crippen molar-refractivity contribution in [3.63, 3.8) is 0 Å². The average molecular weight is 212 g/mol. The maximum atomic E-state index is 11.4. The first kappa shape index (κ1) is 12.2. The minimum atomic E-state index is -0.289. The maximum Gasteiger partial charge on any atom is 0.221 e. The summed E-state index contributed by atoms with van der Waals surface area (Å²) in [4.78, 5) is 24.5. The molecule has 2 unspecified atom stereocenters. The van der Waals surface area contributed by atoms with E-state index in [1.54, 1.807) is 6.92 Å². The third-order valence-electron chi connectivity index (χ3n) is 3.08. The van der Waals surface area contributed by atoms with E-state index in [2.05, 4.69) is 4.90 Å². The molecule has 0 aromatic heterocycles. The van der Waals surface area contributed by atoms with Crippen molar-refractivity contribution in [2.75, 3.05) is 13.1 Å². The van der Waals surface area contributed by atoms with Crippen LogP contribution in [-0.2, 0) is 9.59 Å². The zero-order valence-corrected chi connectivity index (χ0v) is 9.53. The maximum absolute atomic E-state index is 11.4. The number of nitrogens with zero attached hydrogens (tertiary/aromatic N) is 1. The lowest BCUT2D eigenvalue weighted by atomic mass is 9.97. The Kier molecular flexibility index (Phi) is 4.27. The van der Waals surface area contributed by atoms with Gasteiger partial charge in [0, 0.05) is 12.5 Å². The molecule has 1 heterocycles. The van der Waals surface area contributed by atoms with Gasteiger partial charge < -0.3 is 5.73 Å². The Morgan fingerprint density at radius 3 is 2.67 bits per heavy atom. The Morgan fingerprint density at radius 2 is 2.13 bits per heavy atom. The van der Waals surface area contributed by atoms with Gasteiger partial charge in [0.15, 0.2) is 0 Å². The number of piperidine rings is 1. The first-order chi connectivity index (χ1) is 7.02. The predicted octanol–water partition coefficient (Wildman–Crippen LogP) is 0.551. The fraction of sp³-hybridized carbons (Fsp3) is 0.818. The number of primary amides is 1. The van der Waals surface area contributed by atoms with E-state index in [0.717, 1.165) is 25.8 Å². The van der Waals surface area contributed by atoms with Gasteiger partial charge in [-0.05, 0) is 26.3 Å². The van der Waals surface area contributed by atoms with Crippen molar-refractivity contribution in [1.29, 1.82) is 0 Å². The Balaban J connectivity index is 2.56. The van der Waals surface area contributed by atoms with Crippen molar-refractivity contribution in [1.82, 2.24) is 4.90 Å². The van der Waals surface area contributed by atoms with Gasteiger partial charge in [-0.3, -0.25) is 14.5 Å². The SMILES string of the molecule is CC(=O)C1CCCCN1CC(C)C(N)=O. The normalized spacial score (nSPS) is 24.8. The zero-order chi connectivity index (χ0) is 11.4. The van der Waals surface area contributed by atoms with Crippen molar-refractivity contribution in [3.8, 4) is 0 Å². The van der Waals surface area contributed by atoms with Gasteiger partial charge in [-0.1, -0.05) is 13.3 Å². The second-order valence-corrected chi connectivity index (χ2v) is 4.42. The molecule has 1 fully saturated rings. The molecule has 0 radical (unpaired) electrons. The summed E-state index contributed by atoms with van der Waals surface area (Å²) in [6.07, 6.45) is 3.13. The van der Waals surface area contributed by atoms with E-state index in [4.69, 9.17) is 5.73 Å². The molecule has 0 bridgehead atoms. The first-order valence-corrected chi connectivity index (χ1v) is 5.56. The van der Waals surface area contributed by atoms with Crippen LogP contribution in [0, 0.1) is 5.92 Å². The van der Waals surface area contributed by atoms with E-state index in [9.17, 15) is 9.59 Å². The molecule has 0 aromatic carbocycles. The van der Waals surface area contributed by atoms with Crippen LogP contribution >= 0.6 is 0 Å². The predicted molar refractivity (Wildman–Crippen MR) is 58.3 cm³/mol. The molecule has 1 rings (SSSR count). The fourth-order valence-corrected chi connectivity index (χ4v) is 2.11. The second-order valence-electron chi connectivity index (χ2n) is 4.42. The molecule has 0 aliphatic carbocycles. The molecular formula is C11H20N2O2. The lowest BCUT2D eigenvalue weighted by Gasteiger charge is -2.35. The first-order valence-electron chi connectivity index (χ1n) is 5.56. The van der Waals surface area contributed by atoms with Gasteiger partial charge in [-0.15, -0.1) is 0 Å². The molecule has 1 aliphatic heterocycles. The quantitative estimate of drug-likeness (QED) is 0.740. The Bertz CT molecular complexity index is 253. The number of Topliss-reactive ketones (excluding diaryl/α,β-unsaturated/α-hetero) is 1. The lowest BCUT2D eigenvalue weighted by Crippen LogP contribution is -2.47. The van der Waals surface area contributed by atoms with E-state index < -0.39 is 0 Å². The summed E-state index contributed by atoms with van der Waals surface area (Å²) in [5, 5.41) is 0. The van der Waals surface area contributed by atoms with Crippen molar-refractivity contribution < 1.29 is 9.59 Å². The molecular weight excluding hydrogens is 192 g/mol. The molecule has 0 aromatic rings. The van der Waals surface area contributed by atoms with Crippen LogP contribution < -0.4 is 5.73 Å². The third-order valence-corrected chi connectivity index (χ3v) is 3.08. The summed E-state index contributed by atoms with van der Waals surface area (Å²) in [7, 11) is 0. The number of rotatable bonds is 4. The number of hydrogen-bond donors (Lipinski definition) is 1. The number of carbonyl (C=O) groups excluding carboxylic acids is 2. The van der Waals surface area contributed by atoms with Crippen LogP contribution in [0.2, 0.25) is 0 Å². The molecule has 2 N–H and O–H groups in total. The molecule has 2 atom stereocenters. The van der Waals surface area contributed by atoms with Crippen molar-refractivity contribution >= 4 is 11.7 Å². The third kappa shape index (κ3) is 3.30. The molecule has 1 saturated heterocycles. The lowest BCUT2D eigenvalue weighted by molar-refractivity contribution is -0.126. The molecule has 0 spiro atoms. The van der Waals surface area contributed by atoms with Gasteiger partial charge in [0.05, 0.1) is 6.04 Å². The highest BCUT2D eigenvalue weighted by Crippen LogP contribution is 2.18. The summed E-state index contributed by atoms with van der Waals surface area (Å²) in [6, 6.07) is 0.000509. The van der Waals surface area contributed by atoms with Crippen LogP contribution in [-0.4, -0.2) is 35.7 Å². The minimum Gasteiger partial charge on any atom is -0.369 e. The van der Waals surface area contributed by atoms with Gasteiger partial charge in [-0.2, -0.15) is 0 Å². The minimum absolute atomic E-state index is 0.000509. The van der Waals surface area contributed by atoms with Crippen LogP contribution in [0.3, 0.4) is 0 Å². The van der Waals surface area contributed by atoms with Crippen LogP contribution in [0.25, 0.3) is 0 Å². The van der Waals surface area contributed by atoms with Gasteiger partial charge in [0.1, 0.15) is 5.78 Å². The molecule has 1 amide bonds. The Labute approximate surface area is 90.8 Å². The zero-order valence-electron chi connectivity index (χ0n) is 9.53. The molecule has 15 heavy (non-hydrogen) atoms. The summed E-state index contributed by atoms with van der Waals surface area (Å²) >= 11 is 0. The second kappa shape index (κ2) is 5.26. The van der Waals surface area contributed by atoms with Gasteiger partial charge >= 0.3 is 0 Å². The molecule has 4 heteroatoms. The van der Waals surface area contributed by atoms with E-state index in [1.165, 1.54) is 0 Å². The summed E-state index contributed by atoms with van der Waals surface area (Å²) in [5.74, 6) is -0.265. The largest absolute Gasteiger partial charge is 0.369 e. The van der Waals surface area contributed by atoms with Gasteiger partial charge in [-0.25, -0.2) is 0 Å². The van der Waals surface area contributed by atoms with Gasteiger partial charge in [0.2, 0.25) is 5.91 Å². The number of carbonyl (C=O) groups is 2. The number of ketones is 1. The number of likely N-dealkylation sites (tertiary alicyclic amines) is 1. The average Bonchev–Trinajstić information content (AvgIpc) is 2.18. The van der Waals surface area contributed by atoms with Crippen LogP contribution in [0.15, 0.2) is 0 Å². The molecule has 0 saturated carbocycles. The number of nitrogens with two attached hydrogens (primary N) is 1. The summed E-state index contributed by atoms with van der Waals surface area (Å²) in [6.45, 7) is 4.95. The molecule has 86 valence electrons. The van der Waals surface area contributed by atoms with Gasteiger partial charge in [0.25, 0.3) is 0 Å². The van der Waals surface area contributed by atoms with Crippen molar-refractivity contribution in [2.24, 2.45) is 11.7 Å². The Hall–Kier alpha value is -0.900. The van der Waals surface area contributed by atoms with Crippen molar-refractivity contribution in [3.05, 3.63) is 0 Å². The van der Waals surface area contributed by atoms with Crippen LogP contribution in [0.1, 0.15) is 33.1 Å². The highest BCUT2D eigenvalue weighted by atomic mass is 16.1. The molecule has 4 nitrogen and oxygen atoms in total. The van der Waals surface area contributed by atoms with E-state index in [0.29, 0.717) is 6.54 Å². The number of hydrogen-bond acceptors (Lipinski definition) is 3. The van der Waals surface area contributed by atoms with E-state index in [-0.39, 0.29) is 23.7 Å². The standard InChI is InChI=1S/C11H20N2O2/c1-8(11(12)15)7-13-6-4-3-5-10(13)9(2)14/h8,10H,3-7H2,1-2H3,(H2,12,15). The van der Waals surface area contributed by atoms with E-state index in [1.807, 2.05) is 6.92 Å². The van der Waals surface area contributed by atoms with Crippen LogP contribution in [0.4, 0.5) is 0 Å². The summed E-state index contributed by atoms with van der Waals surface area (Å²) in [5.41, 5.74) is 5.22. The Morgan fingerprint density at radius 1 is 1.47 bits per heavy atom. The molecule has 1 aliphatic rings. The highest BCUT2D eigenvalue weighted by Gasteiger charge is 2.27. The number of amides is 1. The fourth-order valence-electron chi connectivity index (χ4n) is 2.11. The monoisotopic (exact) mass is 212 g/mol. The highest BCUT2D eigenvalue weighted by molar-refractivity contribution is 5.81. The summed E-state index contributed by atoms with van der Waals surface area (Å²) < 4.78 is 0. The van der Waals surface area contributed by atoms with Crippen molar-refractivity contribution in [2.45, 2.75) is 39.2 Å².